The van der Waals surface area contributed by atoms with E-state index in [1.165, 1.54) is 49.8 Å². The Labute approximate surface area is 97.0 Å². The zero-order valence-corrected chi connectivity index (χ0v) is 9.88. The van der Waals surface area contributed by atoms with Crippen LogP contribution in [0.5, 0.6) is 5.75 Å². The van der Waals surface area contributed by atoms with E-state index in [2.05, 4.69) is 17.4 Å². The third-order valence-electron chi connectivity index (χ3n) is 3.93. The van der Waals surface area contributed by atoms with E-state index >= 15 is 0 Å². The van der Waals surface area contributed by atoms with Gasteiger partial charge in [0.25, 0.3) is 0 Å². The van der Waals surface area contributed by atoms with E-state index in [0.29, 0.717) is 6.04 Å². The Morgan fingerprint density at radius 3 is 2.81 bits per heavy atom. The maximum atomic E-state index is 5.45. The van der Waals surface area contributed by atoms with Crippen molar-refractivity contribution in [1.82, 2.24) is 5.32 Å². The molecule has 1 saturated heterocycles. The molecule has 0 aromatic heterocycles. The van der Waals surface area contributed by atoms with Crippen LogP contribution in [0.25, 0.3) is 0 Å². The van der Waals surface area contributed by atoms with Crippen molar-refractivity contribution in [3.05, 3.63) is 28.8 Å². The number of ether oxygens (including phenoxy) is 1. The van der Waals surface area contributed by atoms with E-state index in [4.69, 9.17) is 4.74 Å². The van der Waals surface area contributed by atoms with Gasteiger partial charge < -0.3 is 10.1 Å². The summed E-state index contributed by atoms with van der Waals surface area (Å²) in [6, 6.07) is 5.02. The molecule has 2 nitrogen and oxygen atoms in total. The van der Waals surface area contributed by atoms with E-state index in [-0.39, 0.29) is 0 Å². The summed E-state index contributed by atoms with van der Waals surface area (Å²) in [7, 11) is 1.78. The summed E-state index contributed by atoms with van der Waals surface area (Å²) in [5.41, 5.74) is 4.57. The summed E-state index contributed by atoms with van der Waals surface area (Å²) in [5.74, 6) is 1.09. The van der Waals surface area contributed by atoms with Gasteiger partial charge in [0.05, 0.1) is 7.11 Å². The van der Waals surface area contributed by atoms with Crippen molar-refractivity contribution in [3.8, 4) is 5.75 Å². The molecule has 0 spiro atoms. The van der Waals surface area contributed by atoms with Crippen LogP contribution in [0.4, 0.5) is 0 Å². The maximum absolute atomic E-state index is 5.45. The minimum atomic E-state index is 0.595. The molecule has 1 fully saturated rings. The van der Waals surface area contributed by atoms with Gasteiger partial charge in [-0.05, 0) is 61.4 Å². The van der Waals surface area contributed by atoms with Crippen LogP contribution < -0.4 is 10.1 Å². The highest BCUT2D eigenvalue weighted by Crippen LogP contribution is 2.37. The molecule has 2 heteroatoms. The summed E-state index contributed by atoms with van der Waals surface area (Å²) < 4.78 is 5.45. The Hall–Kier alpha value is -1.02. The summed E-state index contributed by atoms with van der Waals surface area (Å²) in [5, 5.41) is 3.60. The van der Waals surface area contributed by atoms with E-state index in [1.807, 2.05) is 0 Å². The molecule has 1 atom stereocenters. The SMILES string of the molecule is COc1ccc([C@@H]2CCCN2)c2c1CCC2. The fraction of sp³-hybridized carbons (Fsp3) is 0.571. The Balaban J connectivity index is 2.03. The van der Waals surface area contributed by atoms with Crippen LogP contribution in [0, 0.1) is 0 Å². The summed E-state index contributed by atoms with van der Waals surface area (Å²) >= 11 is 0. The largest absolute Gasteiger partial charge is 0.496 e. The van der Waals surface area contributed by atoms with Crippen molar-refractivity contribution >= 4 is 0 Å². The van der Waals surface area contributed by atoms with Gasteiger partial charge in [0.15, 0.2) is 0 Å². The number of hydrogen-bond donors (Lipinski definition) is 1. The van der Waals surface area contributed by atoms with Crippen molar-refractivity contribution in [2.75, 3.05) is 13.7 Å². The molecule has 1 aromatic carbocycles. The van der Waals surface area contributed by atoms with Gasteiger partial charge in [0, 0.05) is 6.04 Å². The number of rotatable bonds is 2. The average Bonchev–Trinajstić information content (AvgIpc) is 2.98. The summed E-state index contributed by atoms with van der Waals surface area (Å²) in [4.78, 5) is 0. The molecule has 0 unspecified atom stereocenters. The molecule has 1 N–H and O–H groups in total. The highest BCUT2D eigenvalue weighted by molar-refractivity contribution is 5.49. The van der Waals surface area contributed by atoms with Gasteiger partial charge >= 0.3 is 0 Å². The monoisotopic (exact) mass is 217 g/mol. The molecule has 0 saturated carbocycles. The lowest BCUT2D eigenvalue weighted by molar-refractivity contribution is 0.410. The fourth-order valence-electron chi connectivity index (χ4n) is 3.17. The first kappa shape index (κ1) is 10.2. The first-order valence-electron chi connectivity index (χ1n) is 6.32. The fourth-order valence-corrected chi connectivity index (χ4v) is 3.17. The normalized spacial score (nSPS) is 23.4. The summed E-state index contributed by atoms with van der Waals surface area (Å²) in [6.45, 7) is 1.17. The van der Waals surface area contributed by atoms with Crippen molar-refractivity contribution < 1.29 is 4.74 Å². The van der Waals surface area contributed by atoms with Crippen LogP contribution in [0.3, 0.4) is 0 Å². The van der Waals surface area contributed by atoms with Crippen LogP contribution in [0.1, 0.15) is 42.0 Å². The zero-order chi connectivity index (χ0) is 11.0. The molecule has 0 amide bonds. The second-order valence-electron chi connectivity index (χ2n) is 4.82. The van der Waals surface area contributed by atoms with Gasteiger partial charge in [0.1, 0.15) is 5.75 Å². The topological polar surface area (TPSA) is 21.3 Å². The van der Waals surface area contributed by atoms with Crippen molar-refractivity contribution in [2.45, 2.75) is 38.1 Å². The number of benzene rings is 1. The van der Waals surface area contributed by atoms with Crippen LogP contribution in [0.2, 0.25) is 0 Å². The number of fused-ring (bicyclic) bond motifs is 1. The molecule has 3 rings (SSSR count). The molecule has 86 valence electrons. The standard InChI is InChI=1S/C14H19NO/c1-16-14-8-7-11(13-6-3-9-15-13)10-4-2-5-12(10)14/h7-8,13,15H,2-6,9H2,1H3/t13-/m0/s1. The van der Waals surface area contributed by atoms with Gasteiger partial charge in [0.2, 0.25) is 0 Å². The zero-order valence-electron chi connectivity index (χ0n) is 9.88. The molecule has 0 radical (unpaired) electrons. The molecule has 1 heterocycles. The van der Waals surface area contributed by atoms with Gasteiger partial charge in [-0.15, -0.1) is 0 Å². The molecule has 2 aliphatic rings. The molecular formula is C14H19NO. The van der Waals surface area contributed by atoms with Crippen molar-refractivity contribution in [1.29, 1.82) is 0 Å². The minimum absolute atomic E-state index is 0.595. The predicted molar refractivity (Wildman–Crippen MR) is 65.0 cm³/mol. The van der Waals surface area contributed by atoms with Crippen LogP contribution >= 0.6 is 0 Å². The predicted octanol–water partition coefficient (Wildman–Crippen LogP) is 2.61. The second-order valence-corrected chi connectivity index (χ2v) is 4.82. The van der Waals surface area contributed by atoms with Crippen LogP contribution in [0.15, 0.2) is 12.1 Å². The molecular weight excluding hydrogens is 198 g/mol. The van der Waals surface area contributed by atoms with Crippen molar-refractivity contribution in [2.24, 2.45) is 0 Å². The van der Waals surface area contributed by atoms with Gasteiger partial charge in [-0.25, -0.2) is 0 Å². The lowest BCUT2D eigenvalue weighted by Gasteiger charge is -2.17. The average molecular weight is 217 g/mol. The van der Waals surface area contributed by atoms with Gasteiger partial charge in [-0.1, -0.05) is 6.07 Å². The highest BCUT2D eigenvalue weighted by atomic mass is 16.5. The van der Waals surface area contributed by atoms with Crippen LogP contribution in [-0.2, 0) is 12.8 Å². The Morgan fingerprint density at radius 2 is 2.06 bits per heavy atom. The third kappa shape index (κ3) is 1.52. The van der Waals surface area contributed by atoms with E-state index < -0.39 is 0 Å². The number of hydrogen-bond acceptors (Lipinski definition) is 2. The van der Waals surface area contributed by atoms with Gasteiger partial charge in [-0.3, -0.25) is 0 Å². The lowest BCUT2D eigenvalue weighted by Crippen LogP contribution is -2.14. The van der Waals surface area contributed by atoms with E-state index in [0.717, 1.165) is 5.75 Å². The Kier molecular flexibility index (Phi) is 2.60. The minimum Gasteiger partial charge on any atom is -0.496 e. The molecule has 1 aliphatic heterocycles. The maximum Gasteiger partial charge on any atom is 0.122 e. The van der Waals surface area contributed by atoms with Gasteiger partial charge in [-0.2, -0.15) is 0 Å². The third-order valence-corrected chi connectivity index (χ3v) is 3.93. The van der Waals surface area contributed by atoms with E-state index in [1.54, 1.807) is 12.7 Å². The molecule has 0 bridgehead atoms. The highest BCUT2D eigenvalue weighted by Gasteiger charge is 2.25. The van der Waals surface area contributed by atoms with E-state index in [9.17, 15) is 0 Å². The molecule has 1 aromatic rings. The number of nitrogens with one attached hydrogen (secondary N) is 1. The Morgan fingerprint density at radius 1 is 1.19 bits per heavy atom. The first-order chi connectivity index (χ1) is 7.90. The molecule has 1 aliphatic carbocycles. The van der Waals surface area contributed by atoms with Crippen molar-refractivity contribution in [3.63, 3.8) is 0 Å². The quantitative estimate of drug-likeness (QED) is 0.822. The Bertz CT molecular complexity index is 394. The number of methoxy groups -OCH3 is 1. The smallest absolute Gasteiger partial charge is 0.122 e. The lowest BCUT2D eigenvalue weighted by atomic mass is 9.96. The first-order valence-corrected chi connectivity index (χ1v) is 6.32. The van der Waals surface area contributed by atoms with Crippen LogP contribution in [-0.4, -0.2) is 13.7 Å². The summed E-state index contributed by atoms with van der Waals surface area (Å²) in [6.07, 6.45) is 6.32. The molecule has 16 heavy (non-hydrogen) atoms. The second kappa shape index (κ2) is 4.10.